The van der Waals surface area contributed by atoms with Crippen molar-refractivity contribution < 1.29 is 4.92 Å². The number of anilines is 1. The number of rotatable bonds is 4. The quantitative estimate of drug-likeness (QED) is 0.664. The van der Waals surface area contributed by atoms with Gasteiger partial charge < -0.3 is 5.32 Å². The Bertz CT molecular complexity index is 586. The Morgan fingerprint density at radius 3 is 2.61 bits per heavy atom. The second-order valence-corrected chi connectivity index (χ2v) is 5.69. The number of hydrogen-bond acceptors (Lipinski definition) is 4. The van der Waals surface area contributed by atoms with Gasteiger partial charge in [0.25, 0.3) is 5.69 Å². The maximum absolute atomic E-state index is 10.6. The van der Waals surface area contributed by atoms with Crippen LogP contribution in [0.15, 0.2) is 30.3 Å². The monoisotopic (exact) mass is 302 g/mol. The van der Waals surface area contributed by atoms with Gasteiger partial charge in [0.2, 0.25) is 0 Å². The molecule has 0 bridgehead atoms. The fourth-order valence-electron chi connectivity index (χ4n) is 1.40. The predicted molar refractivity (Wildman–Crippen MR) is 74.8 cm³/mol. The molecule has 7 heteroatoms. The number of nitro benzene ring substituents is 1. The van der Waals surface area contributed by atoms with Gasteiger partial charge in [0, 0.05) is 23.2 Å². The first-order chi connectivity index (χ1) is 8.56. The molecule has 2 rings (SSSR count). The Morgan fingerprint density at radius 2 is 2.06 bits per heavy atom. The Morgan fingerprint density at radius 1 is 1.28 bits per heavy atom. The van der Waals surface area contributed by atoms with E-state index in [0.29, 0.717) is 6.54 Å². The lowest BCUT2D eigenvalue weighted by Gasteiger charge is -2.05. The van der Waals surface area contributed by atoms with E-state index in [9.17, 15) is 10.1 Å². The molecule has 0 spiro atoms. The lowest BCUT2D eigenvalue weighted by atomic mass is 10.3. The van der Waals surface area contributed by atoms with Crippen molar-refractivity contribution in [2.75, 3.05) is 5.32 Å². The summed E-state index contributed by atoms with van der Waals surface area (Å²) in [6, 6.07) is 8.29. The third-order valence-electron chi connectivity index (χ3n) is 2.24. The lowest BCUT2D eigenvalue weighted by molar-refractivity contribution is -0.384. The van der Waals surface area contributed by atoms with Gasteiger partial charge in [-0.15, -0.1) is 11.3 Å². The van der Waals surface area contributed by atoms with E-state index in [1.165, 1.54) is 23.5 Å². The van der Waals surface area contributed by atoms with Gasteiger partial charge in [-0.3, -0.25) is 10.1 Å². The van der Waals surface area contributed by atoms with Crippen LogP contribution in [0.25, 0.3) is 0 Å². The van der Waals surface area contributed by atoms with Crippen LogP contribution in [-0.2, 0) is 6.54 Å². The highest BCUT2D eigenvalue weighted by molar-refractivity contribution is 7.16. The molecule has 0 fully saturated rings. The zero-order chi connectivity index (χ0) is 13.1. The minimum Gasteiger partial charge on any atom is -0.380 e. The van der Waals surface area contributed by atoms with Crippen molar-refractivity contribution in [3.8, 4) is 0 Å². The molecule has 0 amide bonds. The van der Waals surface area contributed by atoms with E-state index in [-0.39, 0.29) is 10.7 Å². The average Bonchev–Trinajstić information content (AvgIpc) is 2.72. The van der Waals surface area contributed by atoms with Gasteiger partial charge >= 0.3 is 0 Å². The number of thiophene rings is 1. The van der Waals surface area contributed by atoms with Crippen molar-refractivity contribution in [3.05, 3.63) is 54.7 Å². The summed E-state index contributed by atoms with van der Waals surface area (Å²) in [7, 11) is 0. The van der Waals surface area contributed by atoms with Crippen LogP contribution in [-0.4, -0.2) is 4.92 Å². The fourth-order valence-corrected chi connectivity index (χ4v) is 2.68. The number of nitrogens with one attached hydrogen (secondary N) is 1. The van der Waals surface area contributed by atoms with E-state index in [0.717, 1.165) is 14.9 Å². The molecule has 2 aromatic rings. The van der Waals surface area contributed by atoms with Crippen LogP contribution in [0, 0.1) is 10.1 Å². The zero-order valence-corrected chi connectivity index (χ0v) is 11.4. The van der Waals surface area contributed by atoms with Crippen LogP contribution in [0.4, 0.5) is 11.4 Å². The van der Waals surface area contributed by atoms with E-state index in [4.69, 9.17) is 23.2 Å². The fraction of sp³-hybridized carbons (Fsp3) is 0.0909. The van der Waals surface area contributed by atoms with Gasteiger partial charge in [-0.25, -0.2) is 0 Å². The molecule has 0 unspecified atom stereocenters. The number of nitrogens with zero attached hydrogens (tertiary/aromatic N) is 1. The Kier molecular flexibility index (Phi) is 4.06. The first-order valence-electron chi connectivity index (χ1n) is 4.98. The van der Waals surface area contributed by atoms with Gasteiger partial charge in [-0.1, -0.05) is 23.2 Å². The molecule has 18 heavy (non-hydrogen) atoms. The van der Waals surface area contributed by atoms with Crippen LogP contribution in [0.2, 0.25) is 9.36 Å². The minimum atomic E-state index is -0.509. The highest BCUT2D eigenvalue weighted by Gasteiger charge is 2.11. The van der Waals surface area contributed by atoms with Crippen molar-refractivity contribution >= 4 is 45.9 Å². The molecule has 0 aliphatic carbocycles. The topological polar surface area (TPSA) is 55.2 Å². The summed E-state index contributed by atoms with van der Waals surface area (Å²) in [5.74, 6) is 0. The zero-order valence-electron chi connectivity index (χ0n) is 9.02. The van der Waals surface area contributed by atoms with Gasteiger partial charge in [0.1, 0.15) is 5.02 Å². The van der Waals surface area contributed by atoms with Gasteiger partial charge in [0.05, 0.1) is 9.26 Å². The van der Waals surface area contributed by atoms with E-state index in [2.05, 4.69) is 5.32 Å². The predicted octanol–water partition coefficient (Wildman–Crippen LogP) is 4.58. The van der Waals surface area contributed by atoms with Crippen molar-refractivity contribution in [3.63, 3.8) is 0 Å². The van der Waals surface area contributed by atoms with Crippen LogP contribution in [0.5, 0.6) is 0 Å². The van der Waals surface area contributed by atoms with E-state index in [1.54, 1.807) is 6.07 Å². The first kappa shape index (κ1) is 13.1. The number of hydrogen-bond donors (Lipinski definition) is 1. The standard InChI is InChI=1S/C11H8Cl2N2O2S/c12-9-5-7(1-3-10(9)15(16)17)14-6-8-2-4-11(13)18-8/h1-5,14H,6H2. The Balaban J connectivity index is 2.06. The van der Waals surface area contributed by atoms with Crippen LogP contribution >= 0.6 is 34.5 Å². The van der Waals surface area contributed by atoms with Gasteiger partial charge in [-0.2, -0.15) is 0 Å². The average molecular weight is 303 g/mol. The maximum atomic E-state index is 10.6. The lowest BCUT2D eigenvalue weighted by Crippen LogP contribution is -1.98. The van der Waals surface area contributed by atoms with Crippen molar-refractivity contribution in [2.45, 2.75) is 6.54 Å². The molecular weight excluding hydrogens is 295 g/mol. The summed E-state index contributed by atoms with van der Waals surface area (Å²) >= 11 is 13.1. The van der Waals surface area contributed by atoms with E-state index < -0.39 is 4.92 Å². The molecule has 0 atom stereocenters. The summed E-state index contributed by atoms with van der Waals surface area (Å²) in [6.07, 6.45) is 0. The second-order valence-electron chi connectivity index (χ2n) is 3.48. The van der Waals surface area contributed by atoms with Gasteiger partial charge in [-0.05, 0) is 24.3 Å². The molecule has 4 nitrogen and oxygen atoms in total. The van der Waals surface area contributed by atoms with Crippen LogP contribution in [0.1, 0.15) is 4.88 Å². The molecule has 1 heterocycles. The highest BCUT2D eigenvalue weighted by atomic mass is 35.5. The molecule has 0 radical (unpaired) electrons. The normalized spacial score (nSPS) is 10.3. The summed E-state index contributed by atoms with van der Waals surface area (Å²) < 4.78 is 0.730. The van der Waals surface area contributed by atoms with Crippen molar-refractivity contribution in [1.29, 1.82) is 0 Å². The minimum absolute atomic E-state index is 0.0959. The molecule has 1 N–H and O–H groups in total. The molecule has 0 saturated heterocycles. The molecule has 0 saturated carbocycles. The summed E-state index contributed by atoms with van der Waals surface area (Å²) in [6.45, 7) is 0.603. The van der Waals surface area contributed by atoms with Gasteiger partial charge in [0.15, 0.2) is 0 Å². The van der Waals surface area contributed by atoms with Crippen molar-refractivity contribution in [1.82, 2.24) is 0 Å². The number of halogens is 2. The summed E-state index contributed by atoms with van der Waals surface area (Å²) in [4.78, 5) is 11.2. The SMILES string of the molecule is O=[N+]([O-])c1ccc(NCc2ccc(Cl)s2)cc1Cl. The van der Waals surface area contributed by atoms with Crippen molar-refractivity contribution in [2.24, 2.45) is 0 Å². The second kappa shape index (κ2) is 5.56. The Labute approximate surface area is 117 Å². The highest BCUT2D eigenvalue weighted by Crippen LogP contribution is 2.28. The number of benzene rings is 1. The van der Waals surface area contributed by atoms with E-state index in [1.807, 2.05) is 12.1 Å². The summed E-state index contributed by atoms with van der Waals surface area (Å²) in [5.41, 5.74) is 0.636. The smallest absolute Gasteiger partial charge is 0.288 e. The molecule has 1 aromatic heterocycles. The van der Waals surface area contributed by atoms with E-state index >= 15 is 0 Å². The Hall–Kier alpha value is -1.30. The van der Waals surface area contributed by atoms with Crippen LogP contribution in [0.3, 0.4) is 0 Å². The first-order valence-corrected chi connectivity index (χ1v) is 6.55. The molecule has 0 aliphatic rings. The third kappa shape index (κ3) is 3.13. The summed E-state index contributed by atoms with van der Waals surface area (Å²) in [5, 5.41) is 13.8. The molecule has 0 aliphatic heterocycles. The molecular formula is C11H8Cl2N2O2S. The molecule has 1 aromatic carbocycles. The molecule has 94 valence electrons. The third-order valence-corrected chi connectivity index (χ3v) is 3.77. The largest absolute Gasteiger partial charge is 0.380 e. The van der Waals surface area contributed by atoms with Crippen LogP contribution < -0.4 is 5.32 Å². The number of nitro groups is 1. The maximum Gasteiger partial charge on any atom is 0.288 e.